The molecule has 2 aromatic rings. The van der Waals surface area contributed by atoms with Gasteiger partial charge in [0.15, 0.2) is 0 Å². The highest BCUT2D eigenvalue weighted by molar-refractivity contribution is 5.93. The monoisotopic (exact) mass is 431 g/mol. The number of nitrogens with one attached hydrogen (secondary N) is 1. The number of carbonyl (C=O) groups excluding carboxylic acids is 2. The van der Waals surface area contributed by atoms with Crippen LogP contribution in [0.15, 0.2) is 42.5 Å². The quantitative estimate of drug-likeness (QED) is 0.690. The van der Waals surface area contributed by atoms with Crippen molar-refractivity contribution in [2.24, 2.45) is 0 Å². The first-order chi connectivity index (χ1) is 15.0. The van der Waals surface area contributed by atoms with E-state index in [0.29, 0.717) is 49.1 Å². The third-order valence-electron chi connectivity index (χ3n) is 4.97. The lowest BCUT2D eigenvalue weighted by molar-refractivity contribution is -0.137. The molecule has 1 aliphatic heterocycles. The molecule has 0 unspecified atom stereocenters. The van der Waals surface area contributed by atoms with Crippen LogP contribution >= 0.6 is 0 Å². The lowest BCUT2D eigenvalue weighted by atomic mass is 10.2. The van der Waals surface area contributed by atoms with E-state index in [1.807, 2.05) is 4.90 Å². The van der Waals surface area contributed by atoms with E-state index in [4.69, 9.17) is 14.2 Å². The van der Waals surface area contributed by atoms with Crippen molar-refractivity contribution in [2.45, 2.75) is 0 Å². The van der Waals surface area contributed by atoms with E-state index in [2.05, 4.69) is 5.32 Å². The minimum atomic E-state index is -0.402. The van der Waals surface area contributed by atoms with Crippen molar-refractivity contribution in [1.82, 2.24) is 4.90 Å². The zero-order valence-electron chi connectivity index (χ0n) is 17.6. The van der Waals surface area contributed by atoms with Crippen LogP contribution < -0.4 is 19.7 Å². The number of halogens is 1. The van der Waals surface area contributed by atoms with Gasteiger partial charge in [-0.15, -0.1) is 0 Å². The van der Waals surface area contributed by atoms with E-state index in [9.17, 15) is 14.0 Å². The Hall–Kier alpha value is -3.33. The number of hydrogen-bond donors (Lipinski definition) is 1. The predicted molar refractivity (Wildman–Crippen MR) is 114 cm³/mol. The number of carbonyl (C=O) groups is 2. The van der Waals surface area contributed by atoms with Crippen LogP contribution in [0, 0.1) is 5.82 Å². The fraction of sp³-hybridized carbons (Fsp3) is 0.364. The molecule has 0 saturated carbocycles. The summed E-state index contributed by atoms with van der Waals surface area (Å²) in [4.78, 5) is 28.1. The molecule has 0 atom stereocenters. The highest BCUT2D eigenvalue weighted by Gasteiger charge is 2.23. The molecule has 1 fully saturated rings. The van der Waals surface area contributed by atoms with E-state index < -0.39 is 5.91 Å². The summed E-state index contributed by atoms with van der Waals surface area (Å²) in [6.07, 6.45) is 0. The molecule has 0 spiro atoms. The number of methoxy groups -OCH3 is 2. The fourth-order valence-corrected chi connectivity index (χ4v) is 3.32. The molecule has 166 valence electrons. The van der Waals surface area contributed by atoms with Gasteiger partial charge in [-0.3, -0.25) is 9.59 Å². The van der Waals surface area contributed by atoms with Gasteiger partial charge in [-0.1, -0.05) is 12.1 Å². The summed E-state index contributed by atoms with van der Waals surface area (Å²) in [7, 11) is 3.03. The third kappa shape index (κ3) is 5.85. The maximum atomic E-state index is 13.9. The molecule has 31 heavy (non-hydrogen) atoms. The van der Waals surface area contributed by atoms with E-state index in [-0.39, 0.29) is 24.9 Å². The molecule has 1 saturated heterocycles. The van der Waals surface area contributed by atoms with Gasteiger partial charge in [-0.25, -0.2) is 4.39 Å². The Morgan fingerprint density at radius 1 is 1.00 bits per heavy atom. The molecule has 0 radical (unpaired) electrons. The second kappa shape index (κ2) is 10.6. The number of amides is 2. The summed E-state index contributed by atoms with van der Waals surface area (Å²) >= 11 is 0. The van der Waals surface area contributed by atoms with Gasteiger partial charge in [0.25, 0.3) is 0 Å². The van der Waals surface area contributed by atoms with Crippen LogP contribution in [0.5, 0.6) is 11.5 Å². The second-order valence-electron chi connectivity index (χ2n) is 6.93. The Bertz CT molecular complexity index is 916. The molecule has 0 bridgehead atoms. The lowest BCUT2D eigenvalue weighted by Gasteiger charge is -2.36. The summed E-state index contributed by atoms with van der Waals surface area (Å²) < 4.78 is 29.6. The first kappa shape index (κ1) is 22.4. The number of hydrogen-bond acceptors (Lipinski definition) is 6. The molecular weight excluding hydrogens is 405 g/mol. The van der Waals surface area contributed by atoms with Crippen molar-refractivity contribution in [3.05, 3.63) is 48.3 Å². The number of benzene rings is 2. The Kier molecular flexibility index (Phi) is 7.66. The van der Waals surface area contributed by atoms with Gasteiger partial charge in [-0.2, -0.15) is 0 Å². The smallest absolute Gasteiger partial charge is 0.250 e. The zero-order chi connectivity index (χ0) is 22.2. The van der Waals surface area contributed by atoms with Gasteiger partial charge < -0.3 is 29.3 Å². The number of nitrogens with zero attached hydrogens (tertiary/aromatic N) is 2. The molecule has 2 aromatic carbocycles. The average Bonchev–Trinajstić information content (AvgIpc) is 2.79. The van der Waals surface area contributed by atoms with E-state index in [1.54, 1.807) is 41.3 Å². The van der Waals surface area contributed by atoms with Crippen molar-refractivity contribution in [2.75, 3.05) is 63.8 Å². The Morgan fingerprint density at radius 3 is 2.42 bits per heavy atom. The van der Waals surface area contributed by atoms with Gasteiger partial charge in [-0.05, 0) is 24.3 Å². The molecule has 0 aliphatic carbocycles. The summed E-state index contributed by atoms with van der Waals surface area (Å²) in [6, 6.07) is 11.6. The van der Waals surface area contributed by atoms with Gasteiger partial charge in [0.05, 0.1) is 25.6 Å². The summed E-state index contributed by atoms with van der Waals surface area (Å²) in [5, 5.41) is 2.68. The Balaban J connectivity index is 1.41. The Morgan fingerprint density at radius 2 is 1.74 bits per heavy atom. The summed E-state index contributed by atoms with van der Waals surface area (Å²) in [6.45, 7) is 1.52. The lowest BCUT2D eigenvalue weighted by Crippen LogP contribution is -2.50. The van der Waals surface area contributed by atoms with E-state index >= 15 is 0 Å². The standard InChI is InChI=1S/C22H26FN3O5/c1-29-16-7-8-18(20(13-16)30-2)24-21(27)14-31-15-22(28)26-11-9-25(10-12-26)19-6-4-3-5-17(19)23/h3-8,13H,9-12,14-15H2,1-2H3,(H,24,27). The van der Waals surface area contributed by atoms with Crippen LogP contribution in [-0.4, -0.2) is 70.3 Å². The molecule has 1 heterocycles. The topological polar surface area (TPSA) is 80.3 Å². The van der Waals surface area contributed by atoms with Crippen molar-refractivity contribution in [3.63, 3.8) is 0 Å². The molecule has 0 aromatic heterocycles. The fourth-order valence-electron chi connectivity index (χ4n) is 3.32. The molecule has 1 aliphatic rings. The van der Waals surface area contributed by atoms with Gasteiger partial charge in [0.2, 0.25) is 11.8 Å². The van der Waals surface area contributed by atoms with Crippen molar-refractivity contribution in [1.29, 1.82) is 0 Å². The number of piperazine rings is 1. The van der Waals surface area contributed by atoms with Crippen LogP contribution in [0.3, 0.4) is 0 Å². The van der Waals surface area contributed by atoms with Crippen LogP contribution in [0.2, 0.25) is 0 Å². The van der Waals surface area contributed by atoms with Gasteiger partial charge in [0, 0.05) is 32.2 Å². The average molecular weight is 431 g/mol. The highest BCUT2D eigenvalue weighted by atomic mass is 19.1. The number of para-hydroxylation sites is 1. The molecule has 3 rings (SSSR count). The number of rotatable bonds is 8. The van der Waals surface area contributed by atoms with Gasteiger partial charge >= 0.3 is 0 Å². The third-order valence-corrected chi connectivity index (χ3v) is 4.97. The first-order valence-corrected chi connectivity index (χ1v) is 9.88. The summed E-state index contributed by atoms with van der Waals surface area (Å²) in [5.74, 6) is 0.178. The minimum Gasteiger partial charge on any atom is -0.497 e. The van der Waals surface area contributed by atoms with Crippen molar-refractivity contribution < 1.29 is 28.2 Å². The highest BCUT2D eigenvalue weighted by Crippen LogP contribution is 2.28. The van der Waals surface area contributed by atoms with E-state index in [0.717, 1.165) is 0 Å². The van der Waals surface area contributed by atoms with Crippen LogP contribution in [-0.2, 0) is 14.3 Å². The Labute approximate surface area is 180 Å². The maximum Gasteiger partial charge on any atom is 0.250 e. The zero-order valence-corrected chi connectivity index (χ0v) is 17.6. The van der Waals surface area contributed by atoms with Crippen molar-refractivity contribution in [3.8, 4) is 11.5 Å². The summed E-state index contributed by atoms with van der Waals surface area (Å²) in [5.41, 5.74) is 1.02. The normalized spacial score (nSPS) is 13.6. The second-order valence-corrected chi connectivity index (χ2v) is 6.93. The molecule has 1 N–H and O–H groups in total. The maximum absolute atomic E-state index is 13.9. The molecular formula is C22H26FN3O5. The SMILES string of the molecule is COc1ccc(NC(=O)COCC(=O)N2CCN(c3ccccc3F)CC2)c(OC)c1. The minimum absolute atomic E-state index is 0.202. The molecule has 2 amide bonds. The largest absolute Gasteiger partial charge is 0.497 e. The number of anilines is 2. The van der Waals surface area contributed by atoms with Gasteiger partial charge in [0.1, 0.15) is 30.5 Å². The first-order valence-electron chi connectivity index (χ1n) is 9.88. The number of ether oxygens (including phenoxy) is 3. The van der Waals surface area contributed by atoms with Crippen LogP contribution in [0.25, 0.3) is 0 Å². The van der Waals surface area contributed by atoms with E-state index in [1.165, 1.54) is 20.3 Å². The molecule has 8 nitrogen and oxygen atoms in total. The molecule has 9 heteroatoms. The van der Waals surface area contributed by atoms with Crippen molar-refractivity contribution >= 4 is 23.2 Å². The van der Waals surface area contributed by atoms with Crippen LogP contribution in [0.4, 0.5) is 15.8 Å². The van der Waals surface area contributed by atoms with Crippen LogP contribution in [0.1, 0.15) is 0 Å². The predicted octanol–water partition coefficient (Wildman–Crippen LogP) is 2.15.